The highest BCUT2D eigenvalue weighted by molar-refractivity contribution is 8.13. The minimum atomic E-state index is -3.49. The van der Waals surface area contributed by atoms with Gasteiger partial charge in [-0.05, 0) is 11.6 Å². The molecule has 74 valence electrons. The van der Waals surface area contributed by atoms with Crippen LogP contribution in [0.3, 0.4) is 0 Å². The van der Waals surface area contributed by atoms with E-state index in [0.29, 0.717) is 5.56 Å². The summed E-state index contributed by atoms with van der Waals surface area (Å²) >= 11 is 0. The number of nitrogens with one attached hydrogen (secondary N) is 1. The molecule has 3 nitrogen and oxygen atoms in total. The minimum absolute atomic E-state index is 0.140. The highest BCUT2D eigenvalue weighted by Gasteiger charge is 2.10. The van der Waals surface area contributed by atoms with E-state index < -0.39 is 9.05 Å². The fraction of sp³-hybridized carbons (Fsp3) is 0.111. The molecule has 0 radical (unpaired) electrons. The van der Waals surface area contributed by atoms with Gasteiger partial charge in [0.25, 0.3) is 0 Å². The van der Waals surface area contributed by atoms with Gasteiger partial charge in [0.2, 0.25) is 9.05 Å². The second kappa shape index (κ2) is 3.29. The summed E-state index contributed by atoms with van der Waals surface area (Å²) in [4.78, 5) is 2.99. The molecule has 0 amide bonds. The third-order valence-corrected chi connectivity index (χ3v) is 2.99. The molecule has 0 saturated heterocycles. The zero-order valence-corrected chi connectivity index (χ0v) is 8.77. The third kappa shape index (κ3) is 1.91. The van der Waals surface area contributed by atoms with Crippen LogP contribution < -0.4 is 0 Å². The van der Waals surface area contributed by atoms with Gasteiger partial charge in [-0.25, -0.2) is 8.42 Å². The summed E-state index contributed by atoms with van der Waals surface area (Å²) in [5, 5.41) is 0.900. The van der Waals surface area contributed by atoms with Crippen LogP contribution in [0.15, 0.2) is 30.5 Å². The first-order chi connectivity index (χ1) is 6.56. The molecule has 2 aromatic rings. The zero-order valence-electron chi connectivity index (χ0n) is 7.20. The first-order valence-electron chi connectivity index (χ1n) is 4.03. The molecule has 5 heteroatoms. The first-order valence-corrected chi connectivity index (χ1v) is 6.51. The summed E-state index contributed by atoms with van der Waals surface area (Å²) in [7, 11) is 1.70. The SMILES string of the molecule is O=S(=O)(Cl)Cc1c[nH]c2ccccc12. The topological polar surface area (TPSA) is 49.9 Å². The van der Waals surface area contributed by atoms with E-state index in [1.165, 1.54) is 0 Å². The number of rotatable bonds is 2. The number of fused-ring (bicyclic) bond motifs is 1. The molecule has 0 unspecified atom stereocenters. The van der Waals surface area contributed by atoms with Crippen molar-refractivity contribution in [3.8, 4) is 0 Å². The van der Waals surface area contributed by atoms with Crippen molar-refractivity contribution in [1.82, 2.24) is 4.98 Å². The maximum Gasteiger partial charge on any atom is 0.236 e. The Morgan fingerprint density at radius 1 is 1.29 bits per heavy atom. The second-order valence-electron chi connectivity index (χ2n) is 3.04. The van der Waals surface area contributed by atoms with Gasteiger partial charge >= 0.3 is 0 Å². The zero-order chi connectivity index (χ0) is 10.2. The van der Waals surface area contributed by atoms with Crippen molar-refractivity contribution in [2.45, 2.75) is 5.75 Å². The third-order valence-electron chi connectivity index (χ3n) is 2.00. The van der Waals surface area contributed by atoms with Crippen molar-refractivity contribution in [1.29, 1.82) is 0 Å². The van der Waals surface area contributed by atoms with Crippen LogP contribution in [0.1, 0.15) is 5.56 Å². The highest BCUT2D eigenvalue weighted by Crippen LogP contribution is 2.20. The number of hydrogen-bond acceptors (Lipinski definition) is 2. The molecular weight excluding hydrogens is 222 g/mol. The van der Waals surface area contributed by atoms with E-state index >= 15 is 0 Å². The van der Waals surface area contributed by atoms with Crippen LogP contribution in [-0.4, -0.2) is 13.4 Å². The first kappa shape index (κ1) is 9.55. The van der Waals surface area contributed by atoms with Crippen LogP contribution in [0, 0.1) is 0 Å². The lowest BCUT2D eigenvalue weighted by Gasteiger charge is -1.94. The molecule has 14 heavy (non-hydrogen) atoms. The molecule has 1 aromatic heterocycles. The number of benzene rings is 1. The fourth-order valence-electron chi connectivity index (χ4n) is 1.44. The van der Waals surface area contributed by atoms with Gasteiger partial charge in [0.1, 0.15) is 0 Å². The molecular formula is C9H8ClNO2S. The van der Waals surface area contributed by atoms with E-state index in [-0.39, 0.29) is 5.75 Å². The quantitative estimate of drug-likeness (QED) is 0.803. The average molecular weight is 230 g/mol. The van der Waals surface area contributed by atoms with Crippen molar-refractivity contribution in [3.05, 3.63) is 36.0 Å². The summed E-state index contributed by atoms with van der Waals surface area (Å²) < 4.78 is 21.8. The van der Waals surface area contributed by atoms with Crippen LogP contribution in [0.2, 0.25) is 0 Å². The standard InChI is InChI=1S/C9H8ClNO2S/c10-14(12,13)6-7-5-11-9-4-2-1-3-8(7)9/h1-5,11H,6H2. The van der Waals surface area contributed by atoms with E-state index in [0.717, 1.165) is 10.9 Å². The van der Waals surface area contributed by atoms with Crippen LogP contribution >= 0.6 is 10.7 Å². The van der Waals surface area contributed by atoms with Crippen LogP contribution in [-0.2, 0) is 14.8 Å². The molecule has 2 rings (SSSR count). The maximum absolute atomic E-state index is 10.9. The Morgan fingerprint density at radius 3 is 2.71 bits per heavy atom. The monoisotopic (exact) mass is 229 g/mol. The van der Waals surface area contributed by atoms with Gasteiger partial charge < -0.3 is 4.98 Å². The normalized spacial score (nSPS) is 12.1. The minimum Gasteiger partial charge on any atom is -0.361 e. The fourth-order valence-corrected chi connectivity index (χ4v) is 2.40. The van der Waals surface area contributed by atoms with Crippen LogP contribution in [0.5, 0.6) is 0 Å². The molecule has 0 aliphatic rings. The Morgan fingerprint density at radius 2 is 2.00 bits per heavy atom. The van der Waals surface area contributed by atoms with E-state index in [1.54, 1.807) is 6.20 Å². The summed E-state index contributed by atoms with van der Waals surface area (Å²) in [6.07, 6.45) is 1.67. The van der Waals surface area contributed by atoms with Gasteiger partial charge in [-0.1, -0.05) is 18.2 Å². The van der Waals surface area contributed by atoms with E-state index in [1.807, 2.05) is 24.3 Å². The Kier molecular flexibility index (Phi) is 2.25. The van der Waals surface area contributed by atoms with Crippen molar-refractivity contribution in [2.75, 3.05) is 0 Å². The molecule has 0 fully saturated rings. The number of aromatic amines is 1. The maximum atomic E-state index is 10.9. The Balaban J connectivity index is 2.54. The predicted molar refractivity (Wildman–Crippen MR) is 56.8 cm³/mol. The molecule has 1 N–H and O–H groups in total. The van der Waals surface area contributed by atoms with Gasteiger partial charge in [-0.3, -0.25) is 0 Å². The summed E-state index contributed by atoms with van der Waals surface area (Å²) in [6, 6.07) is 7.50. The smallest absolute Gasteiger partial charge is 0.236 e. The number of para-hydroxylation sites is 1. The number of halogens is 1. The molecule has 0 saturated carbocycles. The summed E-state index contributed by atoms with van der Waals surface area (Å²) in [6.45, 7) is 0. The second-order valence-corrected chi connectivity index (χ2v) is 5.82. The molecule has 0 spiro atoms. The van der Waals surface area contributed by atoms with Crippen molar-refractivity contribution < 1.29 is 8.42 Å². The van der Waals surface area contributed by atoms with Gasteiger partial charge in [0.15, 0.2) is 0 Å². The van der Waals surface area contributed by atoms with Crippen molar-refractivity contribution in [2.24, 2.45) is 0 Å². The lowest BCUT2D eigenvalue weighted by atomic mass is 10.2. The van der Waals surface area contributed by atoms with E-state index in [4.69, 9.17) is 10.7 Å². The predicted octanol–water partition coefficient (Wildman–Crippen LogP) is 2.24. The van der Waals surface area contributed by atoms with Gasteiger partial charge in [0.05, 0.1) is 5.75 Å². The number of aromatic nitrogens is 1. The largest absolute Gasteiger partial charge is 0.361 e. The van der Waals surface area contributed by atoms with Gasteiger partial charge in [-0.15, -0.1) is 0 Å². The van der Waals surface area contributed by atoms with Gasteiger partial charge in [0, 0.05) is 27.8 Å². The number of hydrogen-bond donors (Lipinski definition) is 1. The van der Waals surface area contributed by atoms with Gasteiger partial charge in [-0.2, -0.15) is 0 Å². The van der Waals surface area contributed by atoms with Crippen LogP contribution in [0.25, 0.3) is 10.9 Å². The van der Waals surface area contributed by atoms with Crippen molar-refractivity contribution in [3.63, 3.8) is 0 Å². The number of H-pyrrole nitrogens is 1. The summed E-state index contributed by atoms with van der Waals surface area (Å²) in [5.41, 5.74) is 1.62. The Labute approximate surface area is 86.1 Å². The van der Waals surface area contributed by atoms with Crippen molar-refractivity contribution >= 4 is 30.6 Å². The highest BCUT2D eigenvalue weighted by atomic mass is 35.7. The van der Waals surface area contributed by atoms with Crippen LogP contribution in [0.4, 0.5) is 0 Å². The Bertz CT molecular complexity index is 559. The van der Waals surface area contributed by atoms with E-state index in [2.05, 4.69) is 4.98 Å². The Hall–Kier alpha value is -1.00. The summed E-state index contributed by atoms with van der Waals surface area (Å²) in [5.74, 6) is -0.140. The molecule has 0 aliphatic heterocycles. The molecule has 1 aromatic carbocycles. The molecule has 0 aliphatic carbocycles. The molecule has 0 atom stereocenters. The average Bonchev–Trinajstić information content (AvgIpc) is 2.47. The van der Waals surface area contributed by atoms with E-state index in [9.17, 15) is 8.42 Å². The molecule has 0 bridgehead atoms. The molecule has 1 heterocycles. The lowest BCUT2D eigenvalue weighted by molar-refractivity contribution is 0.609. The lowest BCUT2D eigenvalue weighted by Crippen LogP contribution is -1.93.